The fourth-order valence-electron chi connectivity index (χ4n) is 1.70. The molecule has 19 heavy (non-hydrogen) atoms. The van der Waals surface area contributed by atoms with E-state index in [1.807, 2.05) is 13.8 Å². The van der Waals surface area contributed by atoms with Gasteiger partial charge in [0, 0.05) is 6.54 Å². The van der Waals surface area contributed by atoms with Gasteiger partial charge in [-0.2, -0.15) is 5.10 Å². The van der Waals surface area contributed by atoms with Gasteiger partial charge in [0.15, 0.2) is 0 Å². The molecule has 0 radical (unpaired) electrons. The Bertz CT molecular complexity index is 623. The third-order valence-electron chi connectivity index (χ3n) is 2.65. The van der Waals surface area contributed by atoms with Crippen molar-refractivity contribution in [2.75, 3.05) is 11.1 Å². The smallest absolute Gasteiger partial charge is 0.276 e. The third-order valence-corrected chi connectivity index (χ3v) is 3.05. The van der Waals surface area contributed by atoms with Crippen LogP contribution in [0.25, 0.3) is 0 Å². The molecule has 0 aliphatic rings. The Kier molecular flexibility index (Phi) is 3.71. The Morgan fingerprint density at radius 1 is 1.53 bits per heavy atom. The Labute approximate surface area is 115 Å². The molecule has 2 rings (SSSR count). The molecule has 3 N–H and O–H groups in total. The number of halogens is 1. The number of carbonyl (C=O) groups excluding carboxylic acids is 1. The number of hydrogen-bond donors (Lipinski definition) is 2. The van der Waals surface area contributed by atoms with Gasteiger partial charge in [-0.25, -0.2) is 4.98 Å². The first-order chi connectivity index (χ1) is 9.02. The highest BCUT2D eigenvalue weighted by Crippen LogP contribution is 2.18. The van der Waals surface area contributed by atoms with Gasteiger partial charge in [0.2, 0.25) is 0 Å². The molecule has 2 aromatic heterocycles. The van der Waals surface area contributed by atoms with Crippen molar-refractivity contribution in [3.05, 3.63) is 34.9 Å². The summed E-state index contributed by atoms with van der Waals surface area (Å²) in [6, 6.07) is 1.75. The number of hydrogen-bond acceptors (Lipinski definition) is 4. The predicted molar refractivity (Wildman–Crippen MR) is 74.3 cm³/mol. The van der Waals surface area contributed by atoms with Crippen molar-refractivity contribution < 1.29 is 4.79 Å². The van der Waals surface area contributed by atoms with Gasteiger partial charge < -0.3 is 11.1 Å². The second kappa shape index (κ2) is 5.27. The maximum atomic E-state index is 12.2. The zero-order valence-corrected chi connectivity index (χ0v) is 11.4. The average molecular weight is 280 g/mol. The standard InChI is InChI=1S/C12H14ClN5O/c1-3-18-10(9(14)6-16-18)12(19)17-8-4-7(2)11(13)15-5-8/h4-6H,3,14H2,1-2H3,(H,17,19). The van der Waals surface area contributed by atoms with Crippen LogP contribution in [0.2, 0.25) is 5.15 Å². The van der Waals surface area contributed by atoms with Crippen LogP contribution in [0.5, 0.6) is 0 Å². The van der Waals surface area contributed by atoms with Crippen LogP contribution in [0.15, 0.2) is 18.5 Å². The van der Waals surface area contributed by atoms with E-state index >= 15 is 0 Å². The highest BCUT2D eigenvalue weighted by Gasteiger charge is 2.16. The first-order valence-electron chi connectivity index (χ1n) is 5.77. The van der Waals surface area contributed by atoms with Crippen molar-refractivity contribution in [3.63, 3.8) is 0 Å². The third kappa shape index (κ3) is 2.68. The molecule has 0 aliphatic heterocycles. The molecule has 0 fully saturated rings. The number of aromatic nitrogens is 3. The van der Waals surface area contributed by atoms with Gasteiger partial charge in [-0.05, 0) is 25.5 Å². The lowest BCUT2D eigenvalue weighted by molar-refractivity contribution is 0.101. The number of carbonyl (C=O) groups is 1. The summed E-state index contributed by atoms with van der Waals surface area (Å²) in [6.07, 6.45) is 2.96. The molecule has 0 bridgehead atoms. The molecular formula is C12H14ClN5O. The number of nitrogens with one attached hydrogen (secondary N) is 1. The predicted octanol–water partition coefficient (Wildman–Crippen LogP) is 2.09. The van der Waals surface area contributed by atoms with Crippen LogP contribution < -0.4 is 11.1 Å². The molecule has 0 atom stereocenters. The number of nitrogens with two attached hydrogens (primary N) is 1. The van der Waals surface area contributed by atoms with Crippen LogP contribution in [-0.2, 0) is 6.54 Å². The first kappa shape index (κ1) is 13.4. The van der Waals surface area contributed by atoms with Gasteiger partial charge in [0.05, 0.1) is 23.8 Å². The van der Waals surface area contributed by atoms with Crippen LogP contribution >= 0.6 is 11.6 Å². The number of rotatable bonds is 3. The number of pyridine rings is 1. The van der Waals surface area contributed by atoms with E-state index in [0.717, 1.165) is 5.56 Å². The average Bonchev–Trinajstić information content (AvgIpc) is 2.75. The van der Waals surface area contributed by atoms with Crippen molar-refractivity contribution in [1.82, 2.24) is 14.8 Å². The van der Waals surface area contributed by atoms with Crippen molar-refractivity contribution in [2.45, 2.75) is 20.4 Å². The summed E-state index contributed by atoms with van der Waals surface area (Å²) < 4.78 is 1.54. The maximum Gasteiger partial charge on any atom is 0.276 e. The Morgan fingerprint density at radius 3 is 2.89 bits per heavy atom. The lowest BCUT2D eigenvalue weighted by atomic mass is 10.3. The van der Waals surface area contributed by atoms with E-state index in [1.54, 1.807) is 10.7 Å². The summed E-state index contributed by atoms with van der Waals surface area (Å²) in [5.74, 6) is -0.319. The molecule has 0 saturated heterocycles. The molecule has 0 aromatic carbocycles. The quantitative estimate of drug-likeness (QED) is 0.843. The molecular weight excluding hydrogens is 266 g/mol. The molecule has 0 saturated carbocycles. The van der Waals surface area contributed by atoms with Crippen molar-refractivity contribution in [1.29, 1.82) is 0 Å². The Morgan fingerprint density at radius 2 is 2.26 bits per heavy atom. The normalized spacial score (nSPS) is 10.5. The van der Waals surface area contributed by atoms with Crippen LogP contribution in [-0.4, -0.2) is 20.7 Å². The minimum absolute atomic E-state index is 0.319. The lowest BCUT2D eigenvalue weighted by Crippen LogP contribution is -2.19. The summed E-state index contributed by atoms with van der Waals surface area (Å²) in [6.45, 7) is 4.27. The topological polar surface area (TPSA) is 85.8 Å². The molecule has 6 nitrogen and oxygen atoms in total. The highest BCUT2D eigenvalue weighted by molar-refractivity contribution is 6.30. The molecule has 2 heterocycles. The fourth-order valence-corrected chi connectivity index (χ4v) is 1.81. The van der Waals surface area contributed by atoms with Crippen molar-refractivity contribution in [2.24, 2.45) is 0 Å². The summed E-state index contributed by atoms with van der Waals surface area (Å²) >= 11 is 5.83. The number of nitrogen functional groups attached to an aromatic ring is 1. The molecule has 1 amide bonds. The second-order valence-corrected chi connectivity index (χ2v) is 4.41. The summed E-state index contributed by atoms with van der Waals surface area (Å²) in [5.41, 5.74) is 7.79. The largest absolute Gasteiger partial charge is 0.396 e. The minimum atomic E-state index is -0.319. The fraction of sp³-hybridized carbons (Fsp3) is 0.250. The van der Waals surface area contributed by atoms with Crippen LogP contribution in [0.3, 0.4) is 0 Å². The first-order valence-corrected chi connectivity index (χ1v) is 6.15. The van der Waals surface area contributed by atoms with Crippen LogP contribution in [0.1, 0.15) is 23.0 Å². The maximum absolute atomic E-state index is 12.2. The van der Waals surface area contributed by atoms with Gasteiger partial charge in [-0.1, -0.05) is 11.6 Å². The Balaban J connectivity index is 2.25. The van der Waals surface area contributed by atoms with Crippen molar-refractivity contribution >= 4 is 28.9 Å². The summed E-state index contributed by atoms with van der Waals surface area (Å²) in [7, 11) is 0. The number of nitrogens with zero attached hydrogens (tertiary/aromatic N) is 3. The van der Waals surface area contributed by atoms with Gasteiger partial charge >= 0.3 is 0 Å². The van der Waals surface area contributed by atoms with E-state index in [4.69, 9.17) is 17.3 Å². The van der Waals surface area contributed by atoms with Gasteiger partial charge in [-0.3, -0.25) is 9.48 Å². The number of anilines is 2. The zero-order chi connectivity index (χ0) is 14.0. The summed E-state index contributed by atoms with van der Waals surface area (Å²) in [4.78, 5) is 16.1. The van der Waals surface area contributed by atoms with E-state index in [1.165, 1.54) is 12.4 Å². The molecule has 7 heteroatoms. The molecule has 100 valence electrons. The molecule has 2 aromatic rings. The summed E-state index contributed by atoms with van der Waals surface area (Å²) in [5, 5.41) is 7.16. The number of amides is 1. The molecule has 0 spiro atoms. The zero-order valence-electron chi connectivity index (χ0n) is 10.6. The van der Waals surface area contributed by atoms with Crippen LogP contribution in [0.4, 0.5) is 11.4 Å². The lowest BCUT2D eigenvalue weighted by Gasteiger charge is -2.08. The van der Waals surface area contributed by atoms with Crippen molar-refractivity contribution in [3.8, 4) is 0 Å². The van der Waals surface area contributed by atoms with E-state index in [0.29, 0.717) is 28.8 Å². The monoisotopic (exact) mass is 279 g/mol. The van der Waals surface area contributed by atoms with E-state index < -0.39 is 0 Å². The van der Waals surface area contributed by atoms with Crippen LogP contribution in [0, 0.1) is 6.92 Å². The minimum Gasteiger partial charge on any atom is -0.396 e. The highest BCUT2D eigenvalue weighted by atomic mass is 35.5. The van der Waals surface area contributed by atoms with E-state index in [2.05, 4.69) is 15.4 Å². The van der Waals surface area contributed by atoms with Gasteiger partial charge in [0.1, 0.15) is 10.8 Å². The van der Waals surface area contributed by atoms with E-state index in [9.17, 15) is 4.79 Å². The molecule has 0 aliphatic carbocycles. The molecule has 0 unspecified atom stereocenters. The number of aryl methyl sites for hydroxylation is 2. The van der Waals surface area contributed by atoms with E-state index in [-0.39, 0.29) is 5.91 Å². The second-order valence-electron chi connectivity index (χ2n) is 4.05. The Hall–Kier alpha value is -2.08. The van der Waals surface area contributed by atoms with Gasteiger partial charge in [-0.15, -0.1) is 0 Å². The SMILES string of the molecule is CCn1ncc(N)c1C(=O)Nc1cnc(Cl)c(C)c1. The van der Waals surface area contributed by atoms with Gasteiger partial charge in [0.25, 0.3) is 5.91 Å².